The number of carbonyl (C=O) groups is 2. The summed E-state index contributed by atoms with van der Waals surface area (Å²) in [5, 5.41) is 5.20. The maximum absolute atomic E-state index is 13.0. The zero-order valence-electron chi connectivity index (χ0n) is 14.3. The van der Waals surface area contributed by atoms with Crippen LogP contribution in [0.25, 0.3) is 0 Å². The third-order valence-corrected chi connectivity index (χ3v) is 7.04. The lowest BCUT2D eigenvalue weighted by Gasteiger charge is -2.34. The average molecular weight is 348 g/mol. The molecule has 1 aromatic heterocycles. The van der Waals surface area contributed by atoms with Crippen LogP contribution in [0.2, 0.25) is 0 Å². The number of rotatable bonds is 3. The summed E-state index contributed by atoms with van der Waals surface area (Å²) < 4.78 is 0. The highest BCUT2D eigenvalue weighted by Crippen LogP contribution is 2.33. The van der Waals surface area contributed by atoms with E-state index in [-0.39, 0.29) is 11.9 Å². The van der Waals surface area contributed by atoms with Gasteiger partial charge in [-0.1, -0.05) is 26.2 Å². The fourth-order valence-electron chi connectivity index (χ4n) is 4.75. The standard InChI is InChI=1S/C18H25N3O2S/c1-2-14-13-7-11-24-15(13)6-10-20(14)12-21-16(22)18(19-17(21)23)8-4-3-5-9-18/h7,11,14H,2-6,8-10,12H2,1H3,(H,19,23)/p+1/t14-/m0/s1. The SMILES string of the molecule is CC[C@H]1c2ccsc2CC[NH+]1CN1C(=O)NC2(CCCCC2)C1=O. The molecule has 2 fully saturated rings. The highest BCUT2D eigenvalue weighted by molar-refractivity contribution is 7.10. The molecule has 6 heteroatoms. The Bertz CT molecular complexity index is 650. The van der Waals surface area contributed by atoms with Gasteiger partial charge in [-0.25, -0.2) is 9.69 Å². The lowest BCUT2D eigenvalue weighted by Crippen LogP contribution is -3.14. The molecule has 3 heterocycles. The van der Waals surface area contributed by atoms with Crippen LogP contribution in [0.4, 0.5) is 4.79 Å². The fraction of sp³-hybridized carbons (Fsp3) is 0.667. The summed E-state index contributed by atoms with van der Waals surface area (Å²) in [7, 11) is 0. The van der Waals surface area contributed by atoms with E-state index in [9.17, 15) is 9.59 Å². The lowest BCUT2D eigenvalue weighted by atomic mass is 9.82. The second kappa shape index (κ2) is 6.15. The zero-order chi connectivity index (χ0) is 16.7. The van der Waals surface area contributed by atoms with Gasteiger partial charge in [0.25, 0.3) is 5.91 Å². The van der Waals surface area contributed by atoms with Gasteiger partial charge in [-0.05, 0) is 24.3 Å². The highest BCUT2D eigenvalue weighted by atomic mass is 32.1. The van der Waals surface area contributed by atoms with Gasteiger partial charge in [0.05, 0.1) is 6.54 Å². The molecular formula is C18H26N3O2S+. The van der Waals surface area contributed by atoms with E-state index in [4.69, 9.17) is 0 Å². The number of quaternary nitrogens is 1. The van der Waals surface area contributed by atoms with Gasteiger partial charge in [-0.3, -0.25) is 4.79 Å². The van der Waals surface area contributed by atoms with Crippen molar-refractivity contribution in [1.82, 2.24) is 10.2 Å². The molecule has 3 amide bonds. The molecule has 1 aliphatic carbocycles. The molecule has 0 radical (unpaired) electrons. The van der Waals surface area contributed by atoms with E-state index in [1.54, 1.807) is 0 Å². The van der Waals surface area contributed by atoms with Crippen molar-refractivity contribution < 1.29 is 14.5 Å². The van der Waals surface area contributed by atoms with Crippen molar-refractivity contribution in [3.63, 3.8) is 0 Å². The van der Waals surface area contributed by atoms with E-state index in [1.807, 2.05) is 11.3 Å². The Balaban J connectivity index is 1.53. The topological polar surface area (TPSA) is 53.9 Å². The predicted molar refractivity (Wildman–Crippen MR) is 92.9 cm³/mol. The van der Waals surface area contributed by atoms with Gasteiger partial charge in [0.2, 0.25) is 0 Å². The van der Waals surface area contributed by atoms with Crippen molar-refractivity contribution in [3.8, 4) is 0 Å². The number of nitrogens with zero attached hydrogens (tertiary/aromatic N) is 1. The van der Waals surface area contributed by atoms with Crippen LogP contribution in [-0.2, 0) is 11.2 Å². The molecule has 0 bridgehead atoms. The van der Waals surface area contributed by atoms with Crippen LogP contribution in [0.5, 0.6) is 0 Å². The minimum Gasteiger partial charge on any atom is -0.323 e. The van der Waals surface area contributed by atoms with Crippen LogP contribution in [0.1, 0.15) is 61.9 Å². The van der Waals surface area contributed by atoms with E-state index in [1.165, 1.54) is 26.7 Å². The first kappa shape index (κ1) is 16.1. The Morgan fingerprint density at radius 3 is 2.88 bits per heavy atom. The number of nitrogens with one attached hydrogen (secondary N) is 2. The first-order chi connectivity index (χ1) is 11.6. The van der Waals surface area contributed by atoms with Crippen molar-refractivity contribution >= 4 is 23.3 Å². The molecule has 1 unspecified atom stereocenters. The average Bonchev–Trinajstić information content (AvgIpc) is 3.15. The van der Waals surface area contributed by atoms with E-state index in [0.717, 1.165) is 45.1 Å². The van der Waals surface area contributed by atoms with Gasteiger partial charge >= 0.3 is 6.03 Å². The van der Waals surface area contributed by atoms with Crippen LogP contribution < -0.4 is 10.2 Å². The van der Waals surface area contributed by atoms with Crippen molar-refractivity contribution in [2.75, 3.05) is 13.2 Å². The molecule has 130 valence electrons. The molecule has 4 rings (SSSR count). The number of imide groups is 1. The summed E-state index contributed by atoms with van der Waals surface area (Å²) in [5.41, 5.74) is 0.822. The molecule has 1 saturated heterocycles. The van der Waals surface area contributed by atoms with E-state index in [2.05, 4.69) is 23.7 Å². The summed E-state index contributed by atoms with van der Waals surface area (Å²) in [5.74, 6) is 0.0191. The Hall–Kier alpha value is -1.40. The molecule has 0 aromatic carbocycles. The van der Waals surface area contributed by atoms with Gasteiger partial charge in [0, 0.05) is 23.3 Å². The maximum atomic E-state index is 13.0. The maximum Gasteiger partial charge on any atom is 0.329 e. The van der Waals surface area contributed by atoms with Crippen molar-refractivity contribution in [2.24, 2.45) is 0 Å². The van der Waals surface area contributed by atoms with Crippen LogP contribution in [0, 0.1) is 0 Å². The Morgan fingerprint density at radius 2 is 2.12 bits per heavy atom. The summed E-state index contributed by atoms with van der Waals surface area (Å²) in [6, 6.07) is 2.44. The Morgan fingerprint density at radius 1 is 1.33 bits per heavy atom. The van der Waals surface area contributed by atoms with Gasteiger partial charge in [0.15, 0.2) is 6.67 Å². The molecule has 1 aromatic rings. The fourth-order valence-corrected chi connectivity index (χ4v) is 5.69. The van der Waals surface area contributed by atoms with Gasteiger partial charge in [-0.2, -0.15) is 0 Å². The predicted octanol–water partition coefficient (Wildman–Crippen LogP) is 1.85. The van der Waals surface area contributed by atoms with Crippen LogP contribution in [-0.4, -0.2) is 35.6 Å². The first-order valence-electron chi connectivity index (χ1n) is 9.19. The number of carbonyl (C=O) groups excluding carboxylic acids is 2. The minimum atomic E-state index is -0.597. The largest absolute Gasteiger partial charge is 0.329 e. The zero-order valence-corrected chi connectivity index (χ0v) is 15.1. The van der Waals surface area contributed by atoms with E-state index < -0.39 is 5.54 Å². The number of hydrogen-bond donors (Lipinski definition) is 2. The van der Waals surface area contributed by atoms with Gasteiger partial charge in [-0.15, -0.1) is 11.3 Å². The highest BCUT2D eigenvalue weighted by Gasteiger charge is 2.52. The molecule has 1 spiro atoms. The normalized spacial score (nSPS) is 29.0. The lowest BCUT2D eigenvalue weighted by molar-refractivity contribution is -0.940. The molecule has 1 saturated carbocycles. The number of thiophene rings is 1. The second-order valence-electron chi connectivity index (χ2n) is 7.38. The molecule has 24 heavy (non-hydrogen) atoms. The quantitative estimate of drug-likeness (QED) is 0.819. The third-order valence-electron chi connectivity index (χ3n) is 6.04. The van der Waals surface area contributed by atoms with Crippen LogP contribution in [0.15, 0.2) is 11.4 Å². The first-order valence-corrected chi connectivity index (χ1v) is 10.1. The third kappa shape index (κ3) is 2.47. The Kier molecular flexibility index (Phi) is 4.12. The van der Waals surface area contributed by atoms with Gasteiger partial charge in [0.1, 0.15) is 11.6 Å². The number of urea groups is 1. The van der Waals surface area contributed by atoms with E-state index >= 15 is 0 Å². The van der Waals surface area contributed by atoms with Gasteiger partial charge < -0.3 is 10.2 Å². The number of hydrogen-bond acceptors (Lipinski definition) is 3. The Labute approximate surface area is 147 Å². The molecule has 2 N–H and O–H groups in total. The summed E-state index contributed by atoms with van der Waals surface area (Å²) >= 11 is 1.83. The van der Waals surface area contributed by atoms with Crippen molar-refractivity contribution in [3.05, 3.63) is 21.9 Å². The van der Waals surface area contributed by atoms with Crippen LogP contribution in [0.3, 0.4) is 0 Å². The molecular weight excluding hydrogens is 322 g/mol. The van der Waals surface area contributed by atoms with E-state index in [0.29, 0.717) is 12.7 Å². The second-order valence-corrected chi connectivity index (χ2v) is 8.38. The number of fused-ring (bicyclic) bond motifs is 1. The summed E-state index contributed by atoms with van der Waals surface area (Å²) in [6.07, 6.45) is 6.92. The molecule has 5 nitrogen and oxygen atoms in total. The number of amides is 3. The minimum absolute atomic E-state index is 0.0191. The molecule has 3 aliphatic rings. The molecule has 2 aliphatic heterocycles. The van der Waals surface area contributed by atoms with Crippen LogP contribution >= 0.6 is 11.3 Å². The summed E-state index contributed by atoms with van der Waals surface area (Å²) in [4.78, 5) is 29.8. The van der Waals surface area contributed by atoms with Crippen molar-refractivity contribution in [2.45, 2.75) is 63.5 Å². The smallest absolute Gasteiger partial charge is 0.323 e. The van der Waals surface area contributed by atoms with Crippen molar-refractivity contribution in [1.29, 1.82) is 0 Å². The molecule has 2 atom stereocenters. The monoisotopic (exact) mass is 348 g/mol. The summed E-state index contributed by atoms with van der Waals surface area (Å²) in [6.45, 7) is 3.70.